The Balaban J connectivity index is 0.00000161. The molecule has 0 unspecified atom stereocenters. The average molecular weight is 361 g/mol. The molecule has 109 valence electrons. The van der Waals surface area contributed by atoms with Gasteiger partial charge >= 0.3 is 6.09 Å². The molecule has 2 heterocycles. The summed E-state index contributed by atoms with van der Waals surface area (Å²) in [5.41, 5.74) is 0.607. The molecule has 1 aromatic carbocycles. The van der Waals surface area contributed by atoms with E-state index < -0.39 is 5.60 Å². The number of likely N-dealkylation sites (tertiary alicyclic amines) is 1. The van der Waals surface area contributed by atoms with E-state index in [-0.39, 0.29) is 44.8 Å². The van der Waals surface area contributed by atoms with Gasteiger partial charge in [0.2, 0.25) is 0 Å². The average Bonchev–Trinajstić information content (AvgIpc) is 2.69. The number of hydrogen-bond acceptors (Lipinski definition) is 3. The van der Waals surface area contributed by atoms with Crippen LogP contribution in [0.4, 0.5) is 4.79 Å². The van der Waals surface area contributed by atoms with Crippen molar-refractivity contribution in [3.63, 3.8) is 0 Å². The number of ether oxygens (including phenoxy) is 1. The third kappa shape index (κ3) is 3.46. The van der Waals surface area contributed by atoms with Crippen molar-refractivity contribution < 1.29 is 42.2 Å². The Morgan fingerprint density at radius 1 is 1.33 bits per heavy atom. The molecule has 0 aliphatic carbocycles. The minimum Gasteiger partial charge on any atom is -0.444 e. The van der Waals surface area contributed by atoms with E-state index in [1.165, 1.54) is 0 Å². The Labute approximate surface area is 149 Å². The number of amides is 1. The molecule has 1 aliphatic heterocycles. The van der Waals surface area contributed by atoms with Crippen molar-refractivity contribution >= 4 is 17.0 Å². The molecule has 1 saturated heterocycles. The Hall–Kier alpha value is -0.936. The van der Waals surface area contributed by atoms with Crippen molar-refractivity contribution in [3.8, 4) is 0 Å². The first-order valence-electron chi connectivity index (χ1n) is 6.77. The predicted octanol–water partition coefficient (Wildman–Crippen LogP) is 2.63. The summed E-state index contributed by atoms with van der Waals surface area (Å²) >= 11 is 0. The van der Waals surface area contributed by atoms with Crippen LogP contribution in [-0.2, 0) is 37.4 Å². The van der Waals surface area contributed by atoms with Gasteiger partial charge in [0, 0.05) is 45.8 Å². The molecule has 3 rings (SSSR count). The number of aromatic nitrogens is 2. The molecule has 0 atom stereocenters. The summed E-state index contributed by atoms with van der Waals surface area (Å²) in [4.78, 5) is 13.6. The van der Waals surface area contributed by atoms with Gasteiger partial charge in [0.15, 0.2) is 0 Å². The molecule has 5 nitrogen and oxygen atoms in total. The van der Waals surface area contributed by atoms with Gasteiger partial charge in [-0.05, 0) is 32.5 Å². The summed E-state index contributed by atoms with van der Waals surface area (Å²) in [6, 6.07) is 8.17. The molecule has 1 aliphatic rings. The van der Waals surface area contributed by atoms with Crippen LogP contribution in [0.2, 0.25) is 0 Å². The largest absolute Gasteiger partial charge is 0.444 e. The fourth-order valence-electron chi connectivity index (χ4n) is 2.29. The fraction of sp³-hybridized carbons (Fsp3) is 0.467. The van der Waals surface area contributed by atoms with Crippen molar-refractivity contribution in [1.29, 1.82) is 0 Å². The van der Waals surface area contributed by atoms with Crippen LogP contribution in [0.15, 0.2) is 24.3 Å². The molecule has 1 radical (unpaired) electrons. The van der Waals surface area contributed by atoms with Gasteiger partial charge in [-0.25, -0.2) is 4.79 Å². The van der Waals surface area contributed by atoms with Gasteiger partial charge in [0.25, 0.3) is 0 Å². The van der Waals surface area contributed by atoms with E-state index in [1.54, 1.807) is 4.90 Å². The van der Waals surface area contributed by atoms with Gasteiger partial charge in [0.05, 0.1) is 6.04 Å². The first-order chi connectivity index (χ1) is 9.44. The topological polar surface area (TPSA) is 47.4 Å². The van der Waals surface area contributed by atoms with Gasteiger partial charge < -0.3 is 14.3 Å². The summed E-state index contributed by atoms with van der Waals surface area (Å²) in [7, 11) is 0. The zero-order valence-corrected chi connectivity index (χ0v) is 15.4. The van der Waals surface area contributed by atoms with Gasteiger partial charge in [-0.15, -0.1) is 11.5 Å². The van der Waals surface area contributed by atoms with Crippen LogP contribution in [0.25, 0.3) is 10.9 Å². The van der Waals surface area contributed by atoms with Crippen LogP contribution in [0, 0.1) is 6.20 Å². The zero-order valence-electron chi connectivity index (χ0n) is 12.5. The number of carbonyl (C=O) groups is 1. The normalized spacial score (nSPS) is 15.5. The summed E-state index contributed by atoms with van der Waals surface area (Å²) < 4.78 is 7.28. The van der Waals surface area contributed by atoms with Gasteiger partial charge in [-0.1, -0.05) is 12.1 Å². The fourth-order valence-corrected chi connectivity index (χ4v) is 2.29. The Morgan fingerprint density at radius 3 is 2.67 bits per heavy atom. The van der Waals surface area contributed by atoms with Crippen molar-refractivity contribution in [1.82, 2.24) is 14.7 Å². The molecule has 0 N–H and O–H groups in total. The number of hydrogen-bond donors (Lipinski definition) is 0. The minimum atomic E-state index is -0.450. The van der Waals surface area contributed by atoms with Crippen LogP contribution in [0.5, 0.6) is 0 Å². The SMILES string of the molecule is CC(C)(C)OC(=O)N1CC(n2n[c-]c3ccccc32)C1.[Y]. The summed E-state index contributed by atoms with van der Waals surface area (Å²) in [6.45, 7) is 6.89. The summed E-state index contributed by atoms with van der Waals surface area (Å²) in [5, 5.41) is 5.30. The Morgan fingerprint density at radius 2 is 2.00 bits per heavy atom. The maximum atomic E-state index is 11.9. The number of nitrogens with zero attached hydrogens (tertiary/aromatic N) is 3. The minimum absolute atomic E-state index is 0. The van der Waals surface area contributed by atoms with Crippen LogP contribution in [0.1, 0.15) is 26.8 Å². The quantitative estimate of drug-likeness (QED) is 0.734. The van der Waals surface area contributed by atoms with Crippen LogP contribution < -0.4 is 0 Å². The molecular formula is C15H18N3O2Y-. The maximum Gasteiger partial charge on any atom is 0.410 e. The van der Waals surface area contributed by atoms with Crippen LogP contribution >= 0.6 is 0 Å². The summed E-state index contributed by atoms with van der Waals surface area (Å²) in [5.74, 6) is 0. The maximum absolute atomic E-state index is 11.9. The van der Waals surface area contributed by atoms with E-state index in [2.05, 4.69) is 11.3 Å². The molecule has 1 amide bonds. The van der Waals surface area contributed by atoms with E-state index in [9.17, 15) is 4.79 Å². The standard InChI is InChI=1S/C15H18N3O2.Y/c1-15(2,3)20-14(19)17-9-12(10-17)18-13-7-5-4-6-11(13)8-16-18;/h4-7,12H,9-10H2,1-3H3;/q-1;. The molecule has 2 aromatic rings. The molecule has 0 saturated carbocycles. The van der Waals surface area contributed by atoms with Crippen molar-refractivity contribution in [2.24, 2.45) is 0 Å². The molecule has 21 heavy (non-hydrogen) atoms. The number of fused-ring (bicyclic) bond motifs is 1. The monoisotopic (exact) mass is 361 g/mol. The van der Waals surface area contributed by atoms with Gasteiger partial charge in [0.1, 0.15) is 5.60 Å². The number of para-hydroxylation sites is 1. The molecule has 1 fully saturated rings. The van der Waals surface area contributed by atoms with Gasteiger partial charge in [-0.2, -0.15) is 6.07 Å². The third-order valence-corrected chi connectivity index (χ3v) is 3.29. The summed E-state index contributed by atoms with van der Waals surface area (Å²) in [6.07, 6.45) is 2.74. The molecule has 1 aromatic heterocycles. The zero-order chi connectivity index (χ0) is 14.3. The number of carbonyl (C=O) groups excluding carboxylic acids is 1. The van der Waals surface area contributed by atoms with E-state index in [0.29, 0.717) is 13.1 Å². The predicted molar refractivity (Wildman–Crippen MR) is 75.4 cm³/mol. The second-order valence-electron chi connectivity index (χ2n) is 6.11. The molecular weight excluding hydrogens is 343 g/mol. The van der Waals surface area contributed by atoms with Gasteiger partial charge in [-0.3, -0.25) is 5.10 Å². The van der Waals surface area contributed by atoms with Crippen LogP contribution in [0.3, 0.4) is 0 Å². The van der Waals surface area contributed by atoms with Crippen LogP contribution in [-0.4, -0.2) is 39.5 Å². The van der Waals surface area contributed by atoms with E-state index in [4.69, 9.17) is 4.74 Å². The second kappa shape index (κ2) is 6.05. The number of rotatable bonds is 1. The van der Waals surface area contributed by atoms with E-state index in [0.717, 1.165) is 10.9 Å². The van der Waals surface area contributed by atoms with Crippen molar-refractivity contribution in [2.75, 3.05) is 13.1 Å². The second-order valence-corrected chi connectivity index (χ2v) is 6.11. The van der Waals surface area contributed by atoms with E-state index >= 15 is 0 Å². The number of benzene rings is 1. The molecule has 0 bridgehead atoms. The van der Waals surface area contributed by atoms with Crippen molar-refractivity contribution in [3.05, 3.63) is 30.5 Å². The van der Waals surface area contributed by atoms with Crippen molar-refractivity contribution in [2.45, 2.75) is 32.4 Å². The first-order valence-corrected chi connectivity index (χ1v) is 6.77. The smallest absolute Gasteiger partial charge is 0.410 e. The third-order valence-electron chi connectivity index (χ3n) is 3.29. The van der Waals surface area contributed by atoms with E-state index in [1.807, 2.05) is 49.7 Å². The molecule has 0 spiro atoms. The Kier molecular flexibility index (Phi) is 4.74. The molecule has 6 heteroatoms. The Bertz CT molecular complexity index is 642. The first kappa shape index (κ1) is 16.4.